The predicted octanol–water partition coefficient (Wildman–Crippen LogP) is 4.06. The second-order valence-electron chi connectivity index (χ2n) is 5.23. The van der Waals surface area contributed by atoms with Gasteiger partial charge in [0.05, 0.1) is 13.7 Å². The lowest BCUT2D eigenvalue weighted by Gasteiger charge is -2.08. The third-order valence-corrected chi connectivity index (χ3v) is 3.52. The van der Waals surface area contributed by atoms with Crippen LogP contribution in [0.15, 0.2) is 48.5 Å². The van der Waals surface area contributed by atoms with Crippen molar-refractivity contribution in [2.75, 3.05) is 19.0 Å². The summed E-state index contributed by atoms with van der Waals surface area (Å²) in [6.07, 6.45) is 2.13. The second-order valence-corrected chi connectivity index (χ2v) is 5.23. The molecule has 0 fully saturated rings. The molecular formula is C19H23NO3. The van der Waals surface area contributed by atoms with Crippen molar-refractivity contribution in [3.8, 4) is 11.5 Å². The number of ether oxygens (including phenoxy) is 2. The molecule has 0 atom stereocenters. The fraction of sp³-hybridized carbons (Fsp3) is 0.316. The summed E-state index contributed by atoms with van der Waals surface area (Å²) in [5.41, 5.74) is 2.06. The number of carbonyl (C=O) groups is 1. The zero-order valence-electron chi connectivity index (χ0n) is 13.7. The standard InChI is InChI=1S/C19H23NO3/c1-3-15-6-10-18(11-7-15)23-14-4-5-19(21)20-16-8-12-17(22-2)13-9-16/h6-13H,3-5,14H2,1-2H3,(H,20,21). The van der Waals surface area contributed by atoms with Crippen molar-refractivity contribution in [2.45, 2.75) is 26.2 Å². The van der Waals surface area contributed by atoms with Gasteiger partial charge in [0.25, 0.3) is 0 Å². The Morgan fingerprint density at radius 1 is 1.00 bits per heavy atom. The van der Waals surface area contributed by atoms with Crippen molar-refractivity contribution in [3.05, 3.63) is 54.1 Å². The molecule has 0 aliphatic heterocycles. The van der Waals surface area contributed by atoms with Gasteiger partial charge < -0.3 is 14.8 Å². The largest absolute Gasteiger partial charge is 0.497 e. The molecule has 0 heterocycles. The summed E-state index contributed by atoms with van der Waals surface area (Å²) in [4.78, 5) is 11.9. The first-order valence-electron chi connectivity index (χ1n) is 7.87. The molecule has 0 unspecified atom stereocenters. The molecule has 0 aliphatic carbocycles. The summed E-state index contributed by atoms with van der Waals surface area (Å²) in [7, 11) is 1.61. The number of hydrogen-bond donors (Lipinski definition) is 1. The van der Waals surface area contributed by atoms with E-state index in [-0.39, 0.29) is 5.91 Å². The van der Waals surface area contributed by atoms with Gasteiger partial charge in [-0.25, -0.2) is 0 Å². The van der Waals surface area contributed by atoms with Gasteiger partial charge in [0.15, 0.2) is 0 Å². The van der Waals surface area contributed by atoms with E-state index in [1.807, 2.05) is 36.4 Å². The van der Waals surface area contributed by atoms with E-state index < -0.39 is 0 Å². The van der Waals surface area contributed by atoms with Gasteiger partial charge in [-0.15, -0.1) is 0 Å². The van der Waals surface area contributed by atoms with Crippen LogP contribution in [0.5, 0.6) is 11.5 Å². The topological polar surface area (TPSA) is 47.6 Å². The van der Waals surface area contributed by atoms with Crippen LogP contribution in [0.25, 0.3) is 0 Å². The first-order valence-corrected chi connectivity index (χ1v) is 7.87. The van der Waals surface area contributed by atoms with Gasteiger partial charge in [0.1, 0.15) is 11.5 Å². The van der Waals surface area contributed by atoms with Crippen LogP contribution < -0.4 is 14.8 Å². The van der Waals surface area contributed by atoms with Gasteiger partial charge in [0, 0.05) is 12.1 Å². The Bertz CT molecular complexity index is 606. The van der Waals surface area contributed by atoms with Crippen LogP contribution in [0.4, 0.5) is 5.69 Å². The molecule has 122 valence electrons. The zero-order valence-corrected chi connectivity index (χ0v) is 13.7. The minimum absolute atomic E-state index is 0.0138. The van der Waals surface area contributed by atoms with Crippen LogP contribution in [0.3, 0.4) is 0 Å². The zero-order chi connectivity index (χ0) is 16.5. The Hall–Kier alpha value is -2.49. The monoisotopic (exact) mass is 313 g/mol. The Kier molecular flexibility index (Phi) is 6.48. The molecule has 4 nitrogen and oxygen atoms in total. The molecule has 0 saturated heterocycles. The molecule has 0 aromatic heterocycles. The molecule has 0 saturated carbocycles. The third-order valence-electron chi connectivity index (χ3n) is 3.52. The van der Waals surface area contributed by atoms with Crippen molar-refractivity contribution in [2.24, 2.45) is 0 Å². The van der Waals surface area contributed by atoms with E-state index in [0.29, 0.717) is 19.4 Å². The van der Waals surface area contributed by atoms with Gasteiger partial charge in [-0.2, -0.15) is 0 Å². The van der Waals surface area contributed by atoms with E-state index in [2.05, 4.69) is 24.4 Å². The average Bonchev–Trinajstić information content (AvgIpc) is 2.60. The van der Waals surface area contributed by atoms with E-state index in [9.17, 15) is 4.79 Å². The molecule has 2 aromatic carbocycles. The lowest BCUT2D eigenvalue weighted by Crippen LogP contribution is -2.12. The number of carbonyl (C=O) groups excluding carboxylic acids is 1. The van der Waals surface area contributed by atoms with Crippen molar-refractivity contribution in [3.63, 3.8) is 0 Å². The van der Waals surface area contributed by atoms with E-state index >= 15 is 0 Å². The molecule has 0 spiro atoms. The Morgan fingerprint density at radius 2 is 1.65 bits per heavy atom. The molecule has 2 aromatic rings. The number of rotatable bonds is 8. The van der Waals surface area contributed by atoms with Crippen molar-refractivity contribution >= 4 is 11.6 Å². The minimum Gasteiger partial charge on any atom is -0.497 e. The smallest absolute Gasteiger partial charge is 0.224 e. The lowest BCUT2D eigenvalue weighted by atomic mass is 10.2. The maximum Gasteiger partial charge on any atom is 0.224 e. The summed E-state index contributed by atoms with van der Waals surface area (Å²) in [6.45, 7) is 2.65. The van der Waals surface area contributed by atoms with Crippen LogP contribution in [0.1, 0.15) is 25.3 Å². The summed E-state index contributed by atoms with van der Waals surface area (Å²) in [5.74, 6) is 1.60. The molecule has 1 amide bonds. The first kappa shape index (κ1) is 16.9. The number of methoxy groups -OCH3 is 1. The molecule has 4 heteroatoms. The maximum atomic E-state index is 11.9. The summed E-state index contributed by atoms with van der Waals surface area (Å²) in [6, 6.07) is 15.3. The molecule has 2 rings (SSSR count). The van der Waals surface area contributed by atoms with Gasteiger partial charge in [0.2, 0.25) is 5.91 Å². The average molecular weight is 313 g/mol. The number of amides is 1. The van der Waals surface area contributed by atoms with Crippen LogP contribution in [0.2, 0.25) is 0 Å². The number of nitrogens with one attached hydrogen (secondary N) is 1. The second kappa shape index (κ2) is 8.83. The fourth-order valence-corrected chi connectivity index (χ4v) is 2.14. The highest BCUT2D eigenvalue weighted by molar-refractivity contribution is 5.90. The molecule has 0 aliphatic rings. The molecule has 0 bridgehead atoms. The van der Waals surface area contributed by atoms with Gasteiger partial charge in [-0.05, 0) is 54.8 Å². The normalized spacial score (nSPS) is 10.2. The number of anilines is 1. The van der Waals surface area contributed by atoms with Crippen molar-refractivity contribution in [1.82, 2.24) is 0 Å². The van der Waals surface area contributed by atoms with Crippen molar-refractivity contribution in [1.29, 1.82) is 0 Å². The quantitative estimate of drug-likeness (QED) is 0.748. The van der Waals surface area contributed by atoms with E-state index in [0.717, 1.165) is 23.6 Å². The highest BCUT2D eigenvalue weighted by atomic mass is 16.5. The molecular weight excluding hydrogens is 290 g/mol. The van der Waals surface area contributed by atoms with Gasteiger partial charge in [-0.3, -0.25) is 4.79 Å². The SMILES string of the molecule is CCc1ccc(OCCCC(=O)Nc2ccc(OC)cc2)cc1. The first-order chi connectivity index (χ1) is 11.2. The predicted molar refractivity (Wildman–Crippen MR) is 92.2 cm³/mol. The van der Waals surface area contributed by atoms with Gasteiger partial charge in [-0.1, -0.05) is 19.1 Å². The van der Waals surface area contributed by atoms with E-state index in [4.69, 9.17) is 9.47 Å². The fourth-order valence-electron chi connectivity index (χ4n) is 2.14. The van der Waals surface area contributed by atoms with Crippen LogP contribution in [0, 0.1) is 0 Å². The summed E-state index contributed by atoms with van der Waals surface area (Å²) < 4.78 is 10.7. The minimum atomic E-state index is -0.0138. The number of aryl methyl sites for hydroxylation is 1. The number of hydrogen-bond acceptors (Lipinski definition) is 3. The number of benzene rings is 2. The van der Waals surface area contributed by atoms with Crippen LogP contribution in [-0.2, 0) is 11.2 Å². The Labute approximate surface area is 137 Å². The van der Waals surface area contributed by atoms with Crippen molar-refractivity contribution < 1.29 is 14.3 Å². The third kappa shape index (κ3) is 5.66. The molecule has 0 radical (unpaired) electrons. The summed E-state index contributed by atoms with van der Waals surface area (Å²) >= 11 is 0. The van der Waals surface area contributed by atoms with Crippen LogP contribution >= 0.6 is 0 Å². The van der Waals surface area contributed by atoms with Crippen LogP contribution in [-0.4, -0.2) is 19.6 Å². The Balaban J connectivity index is 1.67. The van der Waals surface area contributed by atoms with E-state index in [1.54, 1.807) is 7.11 Å². The lowest BCUT2D eigenvalue weighted by molar-refractivity contribution is -0.116. The highest BCUT2D eigenvalue weighted by Gasteiger charge is 2.03. The highest BCUT2D eigenvalue weighted by Crippen LogP contribution is 2.16. The van der Waals surface area contributed by atoms with Gasteiger partial charge >= 0.3 is 0 Å². The molecule has 23 heavy (non-hydrogen) atoms. The molecule has 1 N–H and O–H groups in total. The Morgan fingerprint density at radius 3 is 2.26 bits per heavy atom. The maximum absolute atomic E-state index is 11.9. The van der Waals surface area contributed by atoms with E-state index in [1.165, 1.54) is 5.56 Å². The summed E-state index contributed by atoms with van der Waals surface area (Å²) in [5, 5.41) is 2.86.